The third-order valence-electron chi connectivity index (χ3n) is 3.60. The average Bonchev–Trinajstić information content (AvgIpc) is 2.74. The zero-order chi connectivity index (χ0) is 21.8. The van der Waals surface area contributed by atoms with Gasteiger partial charge in [-0.15, -0.1) is 0 Å². The number of amides is 3. The molecule has 10 heteroatoms. The third kappa shape index (κ3) is 9.02. The molecule has 0 fully saturated rings. The summed E-state index contributed by atoms with van der Waals surface area (Å²) < 4.78 is 10.7. The summed E-state index contributed by atoms with van der Waals surface area (Å²) in [7, 11) is 0. The van der Waals surface area contributed by atoms with Crippen molar-refractivity contribution in [3.63, 3.8) is 0 Å². The Morgan fingerprint density at radius 2 is 1.60 bits per heavy atom. The Balaban J connectivity index is 1.53. The predicted molar refractivity (Wildman–Crippen MR) is 112 cm³/mol. The second-order valence-electron chi connectivity index (χ2n) is 6.00. The van der Waals surface area contributed by atoms with Crippen LogP contribution < -0.4 is 25.6 Å². The van der Waals surface area contributed by atoms with Crippen molar-refractivity contribution in [2.75, 3.05) is 19.8 Å². The Morgan fingerprint density at radius 1 is 0.867 bits per heavy atom. The van der Waals surface area contributed by atoms with Gasteiger partial charge in [-0.25, -0.2) is 0 Å². The van der Waals surface area contributed by atoms with Gasteiger partial charge in [0.2, 0.25) is 5.91 Å². The number of carbonyl (C=O) groups excluding carboxylic acids is 3. The number of hydrogen-bond donors (Lipinski definition) is 3. The highest BCUT2D eigenvalue weighted by Gasteiger charge is 2.08. The summed E-state index contributed by atoms with van der Waals surface area (Å²) in [5.74, 6) is -0.403. The summed E-state index contributed by atoms with van der Waals surface area (Å²) in [5.41, 5.74) is 4.48. The average molecular weight is 454 g/mol. The molecule has 2 aromatic carbocycles. The Morgan fingerprint density at radius 3 is 2.33 bits per heavy atom. The van der Waals surface area contributed by atoms with Crippen molar-refractivity contribution < 1.29 is 23.9 Å². The third-order valence-corrected chi connectivity index (χ3v) is 4.13. The van der Waals surface area contributed by atoms with Gasteiger partial charge in [-0.2, -0.15) is 0 Å². The lowest BCUT2D eigenvalue weighted by atomic mass is 10.3. The molecule has 0 heterocycles. The van der Waals surface area contributed by atoms with Gasteiger partial charge in [-0.05, 0) is 36.8 Å². The van der Waals surface area contributed by atoms with Crippen molar-refractivity contribution in [2.24, 2.45) is 0 Å². The molecule has 0 radical (unpaired) electrons. The van der Waals surface area contributed by atoms with Gasteiger partial charge in [-0.1, -0.05) is 41.4 Å². The number of nitrogens with one attached hydrogen (secondary N) is 3. The summed E-state index contributed by atoms with van der Waals surface area (Å²) in [4.78, 5) is 35.1. The van der Waals surface area contributed by atoms with E-state index in [-0.39, 0.29) is 26.2 Å². The first kappa shape index (κ1) is 23.3. The second kappa shape index (κ2) is 12.6. The van der Waals surface area contributed by atoms with Crippen molar-refractivity contribution >= 4 is 40.9 Å². The van der Waals surface area contributed by atoms with Gasteiger partial charge in [0, 0.05) is 11.4 Å². The van der Waals surface area contributed by atoms with E-state index in [1.54, 1.807) is 42.5 Å². The Bertz CT molecular complexity index is 865. The molecule has 0 bridgehead atoms. The highest BCUT2D eigenvalue weighted by atomic mass is 35.5. The fraction of sp³-hybridized carbons (Fsp3) is 0.250. The van der Waals surface area contributed by atoms with Gasteiger partial charge in [0.05, 0.1) is 18.2 Å². The Labute approximate surface area is 183 Å². The van der Waals surface area contributed by atoms with Crippen LogP contribution in [-0.4, -0.2) is 37.5 Å². The van der Waals surface area contributed by atoms with Crippen molar-refractivity contribution in [3.05, 3.63) is 58.6 Å². The lowest BCUT2D eigenvalue weighted by molar-refractivity contribution is -0.130. The monoisotopic (exact) mass is 453 g/mol. The fourth-order valence-corrected chi connectivity index (χ4v) is 2.61. The lowest BCUT2D eigenvalue weighted by Crippen LogP contribution is -2.46. The van der Waals surface area contributed by atoms with E-state index in [0.717, 1.165) is 0 Å². The van der Waals surface area contributed by atoms with Gasteiger partial charge in [0.15, 0.2) is 6.61 Å². The van der Waals surface area contributed by atoms with E-state index < -0.39 is 17.7 Å². The Kier molecular flexibility index (Phi) is 9.76. The van der Waals surface area contributed by atoms with Crippen molar-refractivity contribution in [1.29, 1.82) is 0 Å². The number of halogens is 2. The van der Waals surface area contributed by atoms with Crippen LogP contribution in [0, 0.1) is 0 Å². The number of carbonyl (C=O) groups is 3. The molecule has 3 N–H and O–H groups in total. The topological polar surface area (TPSA) is 106 Å². The molecule has 0 aliphatic rings. The molecule has 0 unspecified atom stereocenters. The quantitative estimate of drug-likeness (QED) is 0.378. The molecule has 30 heavy (non-hydrogen) atoms. The first-order chi connectivity index (χ1) is 14.4. The van der Waals surface area contributed by atoms with Gasteiger partial charge in [-0.3, -0.25) is 25.2 Å². The van der Waals surface area contributed by atoms with E-state index in [1.165, 1.54) is 0 Å². The van der Waals surface area contributed by atoms with Crippen LogP contribution in [0.1, 0.15) is 12.8 Å². The van der Waals surface area contributed by atoms with E-state index in [4.69, 9.17) is 32.7 Å². The summed E-state index contributed by atoms with van der Waals surface area (Å²) in [6.45, 7) is -0.253. The van der Waals surface area contributed by atoms with Crippen LogP contribution in [0.2, 0.25) is 10.0 Å². The maximum absolute atomic E-state index is 11.7. The number of benzene rings is 2. The summed E-state index contributed by atoms with van der Waals surface area (Å²) in [5, 5.41) is 3.27. The van der Waals surface area contributed by atoms with Crippen molar-refractivity contribution in [2.45, 2.75) is 12.8 Å². The minimum atomic E-state index is -0.569. The van der Waals surface area contributed by atoms with E-state index in [9.17, 15) is 14.4 Å². The molecule has 2 rings (SSSR count). The fourth-order valence-electron chi connectivity index (χ4n) is 2.15. The van der Waals surface area contributed by atoms with Crippen molar-refractivity contribution in [3.8, 4) is 11.5 Å². The van der Waals surface area contributed by atoms with Crippen LogP contribution in [0.25, 0.3) is 0 Å². The minimum absolute atomic E-state index is 0.128. The van der Waals surface area contributed by atoms with Gasteiger partial charge >= 0.3 is 0 Å². The maximum atomic E-state index is 11.7. The maximum Gasteiger partial charge on any atom is 0.258 e. The van der Waals surface area contributed by atoms with E-state index in [2.05, 4.69) is 16.2 Å². The standard InChI is InChI=1S/C20H21Cl2N3O5/c21-14-8-9-17(16(22)11-14)29-10-4-7-18(26)24-25-19(27)12-23-20(28)13-30-15-5-2-1-3-6-15/h1-3,5-6,8-9,11H,4,7,10,12-13H2,(H,23,28)(H,24,26)(H,25,27). The predicted octanol–water partition coefficient (Wildman–Crippen LogP) is 2.50. The molecule has 2 aromatic rings. The molecule has 0 spiro atoms. The second-order valence-corrected chi connectivity index (χ2v) is 6.85. The largest absolute Gasteiger partial charge is 0.492 e. The normalized spacial score (nSPS) is 10.1. The summed E-state index contributed by atoms with van der Waals surface area (Å²) in [6.07, 6.45) is 0.539. The molecule has 0 aliphatic heterocycles. The highest BCUT2D eigenvalue weighted by Crippen LogP contribution is 2.27. The number of hydrogen-bond acceptors (Lipinski definition) is 5. The summed E-state index contributed by atoms with van der Waals surface area (Å²) >= 11 is 11.8. The SMILES string of the molecule is O=C(COc1ccccc1)NCC(=O)NNC(=O)CCCOc1ccc(Cl)cc1Cl. The van der Waals surface area contributed by atoms with Crippen LogP contribution in [0.5, 0.6) is 11.5 Å². The number of rotatable bonds is 10. The number of para-hydroxylation sites is 1. The Hall–Kier alpha value is -2.97. The smallest absolute Gasteiger partial charge is 0.258 e. The van der Waals surface area contributed by atoms with Crippen LogP contribution in [-0.2, 0) is 14.4 Å². The number of hydrazine groups is 1. The highest BCUT2D eigenvalue weighted by molar-refractivity contribution is 6.35. The van der Waals surface area contributed by atoms with Crippen LogP contribution >= 0.6 is 23.2 Å². The molecule has 8 nitrogen and oxygen atoms in total. The molecule has 0 saturated heterocycles. The molecule has 160 valence electrons. The van der Waals surface area contributed by atoms with Crippen LogP contribution in [0.3, 0.4) is 0 Å². The van der Waals surface area contributed by atoms with E-state index >= 15 is 0 Å². The molecule has 0 aliphatic carbocycles. The molecule has 0 saturated carbocycles. The molecule has 0 aromatic heterocycles. The van der Waals surface area contributed by atoms with Gasteiger partial charge in [0.25, 0.3) is 11.8 Å². The van der Waals surface area contributed by atoms with Crippen LogP contribution in [0.15, 0.2) is 48.5 Å². The molecular weight excluding hydrogens is 433 g/mol. The summed E-state index contributed by atoms with van der Waals surface area (Å²) in [6, 6.07) is 13.7. The zero-order valence-electron chi connectivity index (χ0n) is 16.0. The first-order valence-electron chi connectivity index (χ1n) is 9.04. The van der Waals surface area contributed by atoms with E-state index in [0.29, 0.717) is 28.0 Å². The zero-order valence-corrected chi connectivity index (χ0v) is 17.5. The minimum Gasteiger partial charge on any atom is -0.492 e. The molecule has 3 amide bonds. The molecular formula is C20H21Cl2N3O5. The van der Waals surface area contributed by atoms with Gasteiger partial charge in [0.1, 0.15) is 11.5 Å². The van der Waals surface area contributed by atoms with Crippen LogP contribution in [0.4, 0.5) is 0 Å². The number of ether oxygens (including phenoxy) is 2. The van der Waals surface area contributed by atoms with Crippen molar-refractivity contribution in [1.82, 2.24) is 16.2 Å². The van der Waals surface area contributed by atoms with Gasteiger partial charge < -0.3 is 14.8 Å². The lowest BCUT2D eigenvalue weighted by Gasteiger charge is -2.10. The molecule has 0 atom stereocenters. The first-order valence-corrected chi connectivity index (χ1v) is 9.79. The van der Waals surface area contributed by atoms with E-state index in [1.807, 2.05) is 6.07 Å².